The summed E-state index contributed by atoms with van der Waals surface area (Å²) < 4.78 is 16.1. The molecule has 3 aromatic rings. The van der Waals surface area contributed by atoms with E-state index in [1.165, 1.54) is 14.2 Å². The first kappa shape index (κ1) is 28.8. The zero-order valence-corrected chi connectivity index (χ0v) is 23.9. The lowest BCUT2D eigenvalue weighted by Gasteiger charge is -2.26. The second kappa shape index (κ2) is 12.3. The molecule has 1 N–H and O–H groups in total. The maximum atomic E-state index is 13.8. The van der Waals surface area contributed by atoms with Crippen molar-refractivity contribution >= 4 is 40.0 Å². The Labute approximate surface area is 237 Å². The predicted octanol–water partition coefficient (Wildman–Crippen LogP) is 5.65. The third-order valence-corrected chi connectivity index (χ3v) is 7.55. The Kier molecular flexibility index (Phi) is 8.89. The van der Waals surface area contributed by atoms with Crippen molar-refractivity contribution in [2.24, 2.45) is 5.92 Å². The van der Waals surface area contributed by atoms with Gasteiger partial charge in [0.2, 0.25) is 5.91 Å². The number of methoxy groups -OCH3 is 2. The second-order valence-electron chi connectivity index (χ2n) is 9.65. The molecule has 1 aliphatic heterocycles. The third-order valence-electron chi connectivity index (χ3n) is 6.66. The topological polar surface area (TPSA) is 111 Å². The largest absolute Gasteiger partial charge is 0.493 e. The van der Waals surface area contributed by atoms with E-state index >= 15 is 0 Å². The standard InChI is InChI=1S/C30H32N2O7S/c1-6-39-30(36)25-21(18-12-14-23(37-4)24(15-18)38-5)16-40-27(25)31-26(33)22(13-11-17(2)3)32-28(34)19-9-7-8-10-20(19)29(32)35/h7-10,12,14-17,22H,6,11,13H2,1-5H3,(H,31,33). The highest BCUT2D eigenvalue weighted by Gasteiger charge is 2.42. The van der Waals surface area contributed by atoms with Crippen LogP contribution in [0.25, 0.3) is 11.1 Å². The Hall–Kier alpha value is -4.18. The highest BCUT2D eigenvalue weighted by Crippen LogP contribution is 2.40. The van der Waals surface area contributed by atoms with E-state index < -0.39 is 29.7 Å². The van der Waals surface area contributed by atoms with Gasteiger partial charge in [0.25, 0.3) is 11.8 Å². The highest BCUT2D eigenvalue weighted by atomic mass is 32.1. The molecule has 9 nitrogen and oxygen atoms in total. The minimum atomic E-state index is -1.06. The Bertz CT molecular complexity index is 1410. The van der Waals surface area contributed by atoms with Crippen LogP contribution in [0.15, 0.2) is 47.8 Å². The summed E-state index contributed by atoms with van der Waals surface area (Å²) in [6, 6.07) is 10.7. The number of fused-ring (bicyclic) bond motifs is 1. The number of esters is 1. The molecule has 10 heteroatoms. The van der Waals surface area contributed by atoms with Gasteiger partial charge in [-0.05, 0) is 55.5 Å². The van der Waals surface area contributed by atoms with E-state index in [9.17, 15) is 19.2 Å². The quantitative estimate of drug-likeness (QED) is 0.237. The zero-order chi connectivity index (χ0) is 29.0. The van der Waals surface area contributed by atoms with Crippen LogP contribution in [-0.4, -0.2) is 55.5 Å². The molecule has 3 amide bonds. The van der Waals surface area contributed by atoms with Crippen LogP contribution in [0.5, 0.6) is 11.5 Å². The molecule has 0 saturated heterocycles. The van der Waals surface area contributed by atoms with Crippen molar-refractivity contribution in [3.05, 3.63) is 64.5 Å². The minimum absolute atomic E-state index is 0.138. The summed E-state index contributed by atoms with van der Waals surface area (Å²) in [5, 5.41) is 4.84. The summed E-state index contributed by atoms with van der Waals surface area (Å²) >= 11 is 1.16. The highest BCUT2D eigenvalue weighted by molar-refractivity contribution is 7.15. The van der Waals surface area contributed by atoms with Crippen molar-refractivity contribution in [2.75, 3.05) is 26.1 Å². The number of anilines is 1. The van der Waals surface area contributed by atoms with Crippen LogP contribution in [-0.2, 0) is 9.53 Å². The van der Waals surface area contributed by atoms with E-state index in [4.69, 9.17) is 14.2 Å². The molecule has 0 saturated carbocycles. The number of benzene rings is 2. The lowest BCUT2D eigenvalue weighted by atomic mass is 10.0. The van der Waals surface area contributed by atoms with Crippen LogP contribution in [0.1, 0.15) is 64.7 Å². The van der Waals surface area contributed by atoms with Crippen molar-refractivity contribution in [3.8, 4) is 22.6 Å². The number of hydrogen-bond donors (Lipinski definition) is 1. The van der Waals surface area contributed by atoms with Crippen molar-refractivity contribution in [1.82, 2.24) is 4.90 Å². The molecule has 0 bridgehead atoms. The summed E-state index contributed by atoms with van der Waals surface area (Å²) in [4.78, 5) is 54.4. The van der Waals surface area contributed by atoms with Gasteiger partial charge >= 0.3 is 5.97 Å². The van der Waals surface area contributed by atoms with Crippen LogP contribution in [0.2, 0.25) is 0 Å². The number of amides is 3. The molecule has 1 atom stereocenters. The van der Waals surface area contributed by atoms with E-state index in [-0.39, 0.29) is 40.6 Å². The molecular weight excluding hydrogens is 532 g/mol. The van der Waals surface area contributed by atoms with Crippen LogP contribution in [0.4, 0.5) is 5.00 Å². The van der Waals surface area contributed by atoms with Crippen molar-refractivity contribution < 1.29 is 33.4 Å². The van der Waals surface area contributed by atoms with Crippen molar-refractivity contribution in [1.29, 1.82) is 0 Å². The molecule has 0 radical (unpaired) electrons. The third kappa shape index (κ3) is 5.58. The van der Waals surface area contributed by atoms with Gasteiger partial charge in [0.15, 0.2) is 11.5 Å². The summed E-state index contributed by atoms with van der Waals surface area (Å²) in [5.74, 6) is -0.934. The summed E-state index contributed by atoms with van der Waals surface area (Å²) in [6.45, 7) is 5.85. The first-order valence-electron chi connectivity index (χ1n) is 13.0. The maximum absolute atomic E-state index is 13.8. The van der Waals surface area contributed by atoms with E-state index in [0.29, 0.717) is 29.0 Å². The van der Waals surface area contributed by atoms with Gasteiger partial charge in [0, 0.05) is 10.9 Å². The number of thiophene rings is 1. The Balaban J connectivity index is 1.71. The fourth-order valence-corrected chi connectivity index (χ4v) is 5.59. The molecule has 2 heterocycles. The molecule has 0 aliphatic carbocycles. The van der Waals surface area contributed by atoms with Crippen LogP contribution >= 0.6 is 11.3 Å². The number of carbonyl (C=O) groups excluding carboxylic acids is 4. The lowest BCUT2D eigenvalue weighted by Crippen LogP contribution is -2.47. The smallest absolute Gasteiger partial charge is 0.341 e. The first-order valence-corrected chi connectivity index (χ1v) is 13.9. The maximum Gasteiger partial charge on any atom is 0.341 e. The second-order valence-corrected chi connectivity index (χ2v) is 10.5. The average Bonchev–Trinajstić information content (AvgIpc) is 3.47. The van der Waals surface area contributed by atoms with Gasteiger partial charge in [0.05, 0.1) is 32.0 Å². The van der Waals surface area contributed by atoms with Gasteiger partial charge in [-0.2, -0.15) is 0 Å². The van der Waals surface area contributed by atoms with Crippen LogP contribution in [0, 0.1) is 5.92 Å². The number of carbonyl (C=O) groups is 4. The molecular formula is C30H32N2O7S. The summed E-state index contributed by atoms with van der Waals surface area (Å²) in [7, 11) is 3.05. The molecule has 0 fully saturated rings. The Morgan fingerprint density at radius 3 is 2.15 bits per heavy atom. The Morgan fingerprint density at radius 1 is 0.925 bits per heavy atom. The number of imide groups is 1. The number of hydrogen-bond acceptors (Lipinski definition) is 8. The number of rotatable bonds is 11. The SMILES string of the molecule is CCOC(=O)c1c(-c2ccc(OC)c(OC)c2)csc1NC(=O)C(CCC(C)C)N1C(=O)c2ccccc2C1=O. The van der Waals surface area contributed by atoms with Crippen molar-refractivity contribution in [3.63, 3.8) is 0 Å². The lowest BCUT2D eigenvalue weighted by molar-refractivity contribution is -0.120. The fourth-order valence-electron chi connectivity index (χ4n) is 4.63. The zero-order valence-electron chi connectivity index (χ0n) is 23.1. The molecule has 2 aromatic carbocycles. The van der Waals surface area contributed by atoms with Crippen LogP contribution < -0.4 is 14.8 Å². The van der Waals surface area contributed by atoms with E-state index in [1.807, 2.05) is 13.8 Å². The molecule has 1 aliphatic rings. The number of nitrogens with zero attached hydrogens (tertiary/aromatic N) is 1. The molecule has 40 heavy (non-hydrogen) atoms. The van der Waals surface area contributed by atoms with Crippen molar-refractivity contribution in [2.45, 2.75) is 39.7 Å². The molecule has 4 rings (SSSR count). The average molecular weight is 565 g/mol. The van der Waals surface area contributed by atoms with Gasteiger partial charge < -0.3 is 19.5 Å². The Morgan fingerprint density at radius 2 is 1.57 bits per heavy atom. The van der Waals surface area contributed by atoms with Gasteiger partial charge in [-0.1, -0.05) is 32.0 Å². The normalized spacial score (nSPS) is 13.3. The van der Waals surface area contributed by atoms with Gasteiger partial charge in [-0.25, -0.2) is 4.79 Å². The first-order chi connectivity index (χ1) is 19.2. The fraction of sp³-hybridized carbons (Fsp3) is 0.333. The summed E-state index contributed by atoms with van der Waals surface area (Å²) in [5.41, 5.74) is 1.92. The van der Waals surface area contributed by atoms with E-state index in [2.05, 4.69) is 5.32 Å². The van der Waals surface area contributed by atoms with E-state index in [0.717, 1.165) is 16.2 Å². The predicted molar refractivity (Wildman–Crippen MR) is 152 cm³/mol. The van der Waals surface area contributed by atoms with Gasteiger partial charge in [-0.15, -0.1) is 11.3 Å². The van der Waals surface area contributed by atoms with Gasteiger partial charge in [-0.3, -0.25) is 19.3 Å². The van der Waals surface area contributed by atoms with E-state index in [1.54, 1.807) is 54.8 Å². The molecule has 1 aromatic heterocycles. The molecule has 1 unspecified atom stereocenters. The molecule has 0 spiro atoms. The summed E-state index contributed by atoms with van der Waals surface area (Å²) in [6.07, 6.45) is 0.884. The molecule has 210 valence electrons. The number of nitrogens with one attached hydrogen (secondary N) is 1. The van der Waals surface area contributed by atoms with Crippen LogP contribution in [0.3, 0.4) is 0 Å². The monoisotopic (exact) mass is 564 g/mol. The van der Waals surface area contributed by atoms with Gasteiger partial charge in [0.1, 0.15) is 16.6 Å². The minimum Gasteiger partial charge on any atom is -0.493 e. The number of ether oxygens (including phenoxy) is 3.